The van der Waals surface area contributed by atoms with Gasteiger partial charge in [0.05, 0.1) is 16.4 Å². The number of aromatic nitrogens is 1. The summed E-state index contributed by atoms with van der Waals surface area (Å²) in [6, 6.07) is 13.8. The van der Waals surface area contributed by atoms with Gasteiger partial charge in [-0.2, -0.15) is 8.78 Å². The third-order valence-corrected chi connectivity index (χ3v) is 5.35. The van der Waals surface area contributed by atoms with Crippen molar-refractivity contribution in [2.45, 2.75) is 24.2 Å². The number of para-hydroxylation sites is 2. The number of nitrogens with one attached hydrogen (secondary N) is 1. The molecule has 3 rings (SSSR count). The first kappa shape index (κ1) is 21.0. The van der Waals surface area contributed by atoms with Crippen molar-refractivity contribution in [1.29, 1.82) is 0 Å². The van der Waals surface area contributed by atoms with E-state index in [-0.39, 0.29) is 0 Å². The molecule has 3 aromatic rings. The number of nitrogens with zero attached hydrogens (tertiary/aromatic N) is 1. The second-order valence-electron chi connectivity index (χ2n) is 5.88. The van der Waals surface area contributed by atoms with E-state index in [1.165, 1.54) is 6.08 Å². The van der Waals surface area contributed by atoms with Crippen LogP contribution in [0.1, 0.15) is 16.3 Å². The molecule has 0 fully saturated rings. The van der Waals surface area contributed by atoms with Crippen LogP contribution in [0.4, 0.5) is 14.5 Å². The van der Waals surface area contributed by atoms with Crippen molar-refractivity contribution in [1.82, 2.24) is 4.98 Å². The Labute approximate surface area is 175 Å². The van der Waals surface area contributed by atoms with Crippen molar-refractivity contribution in [2.24, 2.45) is 0 Å². The molecule has 150 valence electrons. The summed E-state index contributed by atoms with van der Waals surface area (Å²) in [5.41, 5.74) is 1.91. The van der Waals surface area contributed by atoms with Crippen LogP contribution in [0, 0.1) is 6.92 Å². The van der Waals surface area contributed by atoms with Gasteiger partial charge in [0, 0.05) is 21.9 Å². The summed E-state index contributed by atoms with van der Waals surface area (Å²) in [5.74, 6) is -2.36. The highest BCUT2D eigenvalue weighted by molar-refractivity contribution is 7.99. The summed E-state index contributed by atoms with van der Waals surface area (Å²) in [6.07, 6.45) is 2.97. The number of hydrogen-bond acceptors (Lipinski definition) is 5. The molecule has 0 aliphatic heterocycles. The van der Waals surface area contributed by atoms with E-state index in [9.17, 15) is 13.6 Å². The molecule has 4 nitrogen and oxygen atoms in total. The van der Waals surface area contributed by atoms with E-state index in [1.54, 1.807) is 41.7 Å². The monoisotopic (exact) mass is 432 g/mol. The molecule has 0 saturated carbocycles. The molecule has 0 atom stereocenters. The number of halogens is 2. The van der Waals surface area contributed by atoms with Crippen molar-refractivity contribution in [2.75, 3.05) is 5.32 Å². The summed E-state index contributed by atoms with van der Waals surface area (Å²) in [7, 11) is 0. The average molecular weight is 433 g/mol. The predicted molar refractivity (Wildman–Crippen MR) is 114 cm³/mol. The maximum atomic E-state index is 12.7. The number of rotatable bonds is 8. The zero-order valence-corrected chi connectivity index (χ0v) is 17.1. The van der Waals surface area contributed by atoms with Crippen LogP contribution in [0.5, 0.6) is 5.75 Å². The third-order valence-electron chi connectivity index (χ3n) is 3.74. The number of amides is 1. The molecule has 0 saturated heterocycles. The molecule has 29 heavy (non-hydrogen) atoms. The fourth-order valence-electron chi connectivity index (χ4n) is 2.48. The van der Waals surface area contributed by atoms with Gasteiger partial charge >= 0.3 is 0 Å². The standard InChI is InChI=1S/C21H18F2N2O2S2/c1-14-24-16(13-28-14)12-27-18-8-4-2-6-15(18)10-11-20(26)25-17-7-3-5-9-19(17)29-21(22)23/h2-11,13,21H,12H2,1H3,(H,25,26)/b11-10+. The quantitative estimate of drug-likeness (QED) is 0.351. The van der Waals surface area contributed by atoms with Gasteiger partial charge < -0.3 is 10.1 Å². The maximum absolute atomic E-state index is 12.7. The summed E-state index contributed by atoms with van der Waals surface area (Å²) in [4.78, 5) is 16.9. The normalized spacial score (nSPS) is 11.2. The molecular weight excluding hydrogens is 414 g/mol. The van der Waals surface area contributed by atoms with Crippen LogP contribution in [0.25, 0.3) is 6.08 Å². The Balaban J connectivity index is 1.66. The third kappa shape index (κ3) is 6.40. The van der Waals surface area contributed by atoms with E-state index in [4.69, 9.17) is 4.74 Å². The van der Waals surface area contributed by atoms with Gasteiger partial charge in [-0.15, -0.1) is 11.3 Å². The van der Waals surface area contributed by atoms with Crippen LogP contribution < -0.4 is 10.1 Å². The summed E-state index contributed by atoms with van der Waals surface area (Å²) < 4.78 is 31.2. The number of carbonyl (C=O) groups is 1. The lowest BCUT2D eigenvalue weighted by molar-refractivity contribution is -0.111. The van der Waals surface area contributed by atoms with Crippen molar-refractivity contribution >= 4 is 40.8 Å². The molecule has 0 radical (unpaired) electrons. The molecule has 0 aliphatic carbocycles. The van der Waals surface area contributed by atoms with E-state index in [0.29, 0.717) is 34.7 Å². The van der Waals surface area contributed by atoms with E-state index >= 15 is 0 Å². The second kappa shape index (κ2) is 10.2. The Morgan fingerprint density at radius 3 is 2.76 bits per heavy atom. The Bertz CT molecular complexity index is 1010. The average Bonchev–Trinajstić information content (AvgIpc) is 3.12. The first-order valence-corrected chi connectivity index (χ1v) is 10.4. The number of thiazole rings is 1. The van der Waals surface area contributed by atoms with Gasteiger partial charge in [-0.05, 0) is 31.2 Å². The summed E-state index contributed by atoms with van der Waals surface area (Å²) in [5, 5.41) is 5.55. The smallest absolute Gasteiger partial charge is 0.288 e. The van der Waals surface area contributed by atoms with Crippen molar-refractivity contribution in [3.8, 4) is 5.75 Å². The lowest BCUT2D eigenvalue weighted by atomic mass is 10.2. The van der Waals surface area contributed by atoms with Crippen LogP contribution in [-0.4, -0.2) is 16.6 Å². The highest BCUT2D eigenvalue weighted by Crippen LogP contribution is 2.31. The second-order valence-corrected chi connectivity index (χ2v) is 7.98. The Kier molecular flexibility index (Phi) is 7.37. The predicted octanol–water partition coefficient (Wildman–Crippen LogP) is 6.00. The maximum Gasteiger partial charge on any atom is 0.288 e. The molecule has 1 aromatic heterocycles. The largest absolute Gasteiger partial charge is 0.487 e. The van der Waals surface area contributed by atoms with Crippen molar-refractivity contribution < 1.29 is 18.3 Å². The van der Waals surface area contributed by atoms with Crippen molar-refractivity contribution in [3.63, 3.8) is 0 Å². The number of thioether (sulfide) groups is 1. The minimum Gasteiger partial charge on any atom is -0.487 e. The number of anilines is 1. The van der Waals surface area contributed by atoms with Gasteiger partial charge in [0.25, 0.3) is 5.76 Å². The van der Waals surface area contributed by atoms with Gasteiger partial charge in [0.2, 0.25) is 5.91 Å². The zero-order valence-electron chi connectivity index (χ0n) is 15.5. The fraction of sp³-hybridized carbons (Fsp3) is 0.143. The first-order chi connectivity index (χ1) is 14.0. The van der Waals surface area contributed by atoms with Gasteiger partial charge in [0.15, 0.2) is 0 Å². The first-order valence-electron chi connectivity index (χ1n) is 8.67. The van der Waals surface area contributed by atoms with E-state index in [2.05, 4.69) is 10.3 Å². The van der Waals surface area contributed by atoms with E-state index < -0.39 is 11.7 Å². The molecule has 0 bridgehead atoms. The van der Waals surface area contributed by atoms with Gasteiger partial charge in [-0.25, -0.2) is 4.98 Å². The van der Waals surface area contributed by atoms with Crippen LogP contribution in [-0.2, 0) is 11.4 Å². The number of benzene rings is 2. The van der Waals surface area contributed by atoms with E-state index in [1.807, 2.05) is 36.6 Å². The Morgan fingerprint density at radius 2 is 2.00 bits per heavy atom. The highest BCUT2D eigenvalue weighted by Gasteiger charge is 2.11. The number of hydrogen-bond donors (Lipinski definition) is 1. The van der Waals surface area contributed by atoms with Gasteiger partial charge in [-0.3, -0.25) is 4.79 Å². The molecule has 0 spiro atoms. The minimum atomic E-state index is -2.56. The Hall–Kier alpha value is -2.71. The minimum absolute atomic E-state index is 0.312. The lowest BCUT2D eigenvalue weighted by Crippen LogP contribution is -2.08. The molecule has 0 aliphatic rings. The molecule has 1 amide bonds. The van der Waals surface area contributed by atoms with Crippen molar-refractivity contribution in [3.05, 3.63) is 76.3 Å². The van der Waals surface area contributed by atoms with Gasteiger partial charge in [0.1, 0.15) is 12.4 Å². The van der Waals surface area contributed by atoms with Gasteiger partial charge in [-0.1, -0.05) is 42.1 Å². The molecular formula is C21H18F2N2O2S2. The molecule has 1 heterocycles. The number of aryl methyl sites for hydroxylation is 1. The van der Waals surface area contributed by atoms with E-state index in [0.717, 1.165) is 16.3 Å². The number of ether oxygens (including phenoxy) is 1. The molecule has 1 N–H and O–H groups in total. The highest BCUT2D eigenvalue weighted by atomic mass is 32.2. The summed E-state index contributed by atoms with van der Waals surface area (Å²) >= 11 is 1.95. The molecule has 0 unspecified atom stereocenters. The number of alkyl halides is 2. The lowest BCUT2D eigenvalue weighted by Gasteiger charge is -2.09. The summed E-state index contributed by atoms with van der Waals surface area (Å²) in [6.45, 7) is 2.26. The SMILES string of the molecule is Cc1nc(COc2ccccc2/C=C/C(=O)Nc2ccccc2SC(F)F)cs1. The zero-order chi connectivity index (χ0) is 20.6. The number of carbonyl (C=O) groups excluding carboxylic acids is 1. The van der Waals surface area contributed by atoms with Crippen LogP contribution in [0.2, 0.25) is 0 Å². The fourth-order valence-corrected chi connectivity index (χ4v) is 3.68. The Morgan fingerprint density at radius 1 is 1.24 bits per heavy atom. The van der Waals surface area contributed by atoms with Crippen LogP contribution >= 0.6 is 23.1 Å². The molecule has 8 heteroatoms. The van der Waals surface area contributed by atoms with Crippen LogP contribution in [0.3, 0.4) is 0 Å². The van der Waals surface area contributed by atoms with Crippen LogP contribution in [0.15, 0.2) is 64.9 Å². The molecule has 2 aromatic carbocycles. The topological polar surface area (TPSA) is 51.2 Å².